The fourth-order valence-corrected chi connectivity index (χ4v) is 21.9. The number of thiazole rings is 4. The number of aryl methyl sites for hydroxylation is 10. The minimum absolute atomic E-state index is 0.0223. The summed E-state index contributed by atoms with van der Waals surface area (Å²) >= 11 is 6.42. The molecule has 5 aliphatic rings. The van der Waals surface area contributed by atoms with Gasteiger partial charge in [0.15, 0.2) is 23.1 Å². The average molecular weight is 1940 g/mol. The molecular weight excluding hydrogens is 1820 g/mol. The average Bonchev–Trinajstić information content (AvgIpc) is 1.61. The minimum Gasteiger partial charge on any atom is -0.393 e. The quantitative estimate of drug-likeness (QED) is 0.0222. The first kappa shape index (κ1) is 103. The van der Waals surface area contributed by atoms with Gasteiger partial charge in [0.25, 0.3) is 5.91 Å². The Bertz CT molecular complexity index is 6040. The van der Waals surface area contributed by atoms with Crippen molar-refractivity contribution in [3.8, 4) is 41.8 Å². The van der Waals surface area contributed by atoms with Crippen molar-refractivity contribution in [2.75, 3.05) is 32.8 Å². The van der Waals surface area contributed by atoms with E-state index < -0.39 is 78.6 Å². The van der Waals surface area contributed by atoms with Crippen LogP contribution < -0.4 is 5.32 Å². The molecular formula is C104H122N12O17S4. The molecule has 0 aliphatic carbocycles. The largest absolute Gasteiger partial charge is 0.393 e. The zero-order valence-electron chi connectivity index (χ0n) is 79.5. The van der Waals surface area contributed by atoms with E-state index in [1.807, 2.05) is 162 Å². The maximum Gasteiger partial charge on any atom is 0.255 e. The van der Waals surface area contributed by atoms with Crippen LogP contribution in [0, 0.1) is 47.5 Å². The van der Waals surface area contributed by atoms with E-state index in [0.29, 0.717) is 92.8 Å². The highest BCUT2D eigenvalue weighted by atomic mass is 32.1. The number of carbonyl (C=O) groups is 10. The van der Waals surface area contributed by atoms with Crippen LogP contribution in [-0.4, -0.2) is 232 Å². The van der Waals surface area contributed by atoms with Crippen LogP contribution in [-0.2, 0) is 75.4 Å². The highest BCUT2D eigenvalue weighted by molar-refractivity contribution is 7.14. The molecule has 6 N–H and O–H groups in total. The lowest BCUT2D eigenvalue weighted by Crippen LogP contribution is -2.54. The fraction of sp³-hybridized carbons (Fsp3) is 0.442. The molecule has 4 saturated heterocycles. The molecule has 0 saturated carbocycles. The van der Waals surface area contributed by atoms with Gasteiger partial charge in [-0.1, -0.05) is 160 Å². The van der Waals surface area contributed by atoms with Gasteiger partial charge >= 0.3 is 0 Å². The van der Waals surface area contributed by atoms with Crippen molar-refractivity contribution in [3.63, 3.8) is 0 Å². The van der Waals surface area contributed by atoms with E-state index in [1.54, 1.807) is 95.3 Å². The molecule has 11 heterocycles. The number of Topliss-reactive ketones (excluding diaryl/α,β-unsaturated/α-hetero) is 4. The lowest BCUT2D eigenvalue weighted by molar-refractivity contribution is -0.143. The van der Waals surface area contributed by atoms with E-state index in [-0.39, 0.29) is 123 Å². The summed E-state index contributed by atoms with van der Waals surface area (Å²) in [6.07, 6.45) is 3.76. The predicted molar refractivity (Wildman–Crippen MR) is 524 cm³/mol. The van der Waals surface area contributed by atoms with E-state index in [1.165, 1.54) is 26.5 Å². The van der Waals surface area contributed by atoms with E-state index in [2.05, 4.69) is 59.8 Å². The highest BCUT2D eigenvalue weighted by Crippen LogP contribution is 2.39. The molecule has 1 unspecified atom stereocenters. The number of rotatable bonds is 33. The first-order valence-corrected chi connectivity index (χ1v) is 50.3. The summed E-state index contributed by atoms with van der Waals surface area (Å²) in [7, 11) is 0. The van der Waals surface area contributed by atoms with Gasteiger partial charge in [-0.2, -0.15) is 0 Å². The molecule has 4 fully saturated rings. The summed E-state index contributed by atoms with van der Waals surface area (Å²) in [5.41, 5.74) is 21.2. The van der Waals surface area contributed by atoms with Gasteiger partial charge in [0.1, 0.15) is 29.2 Å². The van der Waals surface area contributed by atoms with E-state index in [4.69, 9.17) is 9.05 Å². The van der Waals surface area contributed by atoms with Crippen LogP contribution in [0.1, 0.15) is 208 Å². The third kappa shape index (κ3) is 25.3. The number of carbonyl (C=O) groups excluding carboxylic acids is 10. The fourth-order valence-electron chi connectivity index (χ4n) is 18.7. The number of hydrogen-bond donors (Lipinski definition) is 6. The summed E-state index contributed by atoms with van der Waals surface area (Å²) in [5.74, 6) is -2.15. The molecule has 29 nitrogen and oxygen atoms in total. The van der Waals surface area contributed by atoms with Crippen molar-refractivity contribution < 1.29 is 82.5 Å². The molecule has 33 heteroatoms. The highest BCUT2D eigenvalue weighted by Gasteiger charge is 2.52. The second kappa shape index (κ2) is 46.7. The van der Waals surface area contributed by atoms with Crippen LogP contribution in [0.4, 0.5) is 0 Å². The summed E-state index contributed by atoms with van der Waals surface area (Å²) < 4.78 is 10.6. The van der Waals surface area contributed by atoms with E-state index in [0.717, 1.165) is 98.8 Å². The number of β-amino-alcohol motifs (C(OH)–C–C–N with tert-alkyl or cyclic N) is 4. The lowest BCUT2D eigenvalue weighted by Gasteiger charge is -2.35. The van der Waals surface area contributed by atoms with Crippen LogP contribution in [0.3, 0.4) is 0 Å². The molecule has 16 rings (SSSR count). The zero-order valence-corrected chi connectivity index (χ0v) is 82.7. The second-order valence-corrected chi connectivity index (χ2v) is 40.1. The molecule has 12 atom stereocenters. The number of ketones is 4. The standard InChI is InChI=1S/C31H35N3O5S.C25H29N3O4S.C24H27N3O4S.C24H31N3O4S/c1-19(2)27(33-15-23-6-4-5-7-24(23)29(33)37)30(38)34-16-31(39,17-35)14-25(34)26(36)13-10-21-8-11-22(12-9-21)28-20(3)32-18-40-28;1-4-20(23-11-15(2)27-32-23)25(31)28-13-19(29)12-21(28)22(30)10-7-17-5-8-18(9-6-17)24-16(3)26-14-33-24;1-14-10-22(31-26-14)15(2)24(30)27-12-19(28)11-20(27)21(29)9-6-17-4-7-18(8-5-17)23-16(3)25-13-32-23;1-4-5-20(26-16(3)28)24(31)27-13-19(29)12-21(27)22(30)11-8-17-6-9-18(10-7-17)23-15(2)25-14-32-23/h4-9,11-12,18-19,25,27,35,39H,10,13-17H2,1-3H3;5-6,8-9,11,14,19-21,29H,4,7,10,12-13H2,1-3H3;4-5,7-8,10,13,15,19-20,28H,6,9,11-12H2,1-3H3;6-7,9-10,14,19-21,29H,4-5,8,11-13H2,1-3H3,(H,26,28)/t25-,27-,31-;19-,20?,21+;15-,19+,20-;19-,20+,21+/m0101/s1. The SMILES string of the molecule is CCC(C(=O)N1C[C@H](O)C[C@H]1C(=O)CCc1ccc(-c2scnc2C)cc1)c1cc(C)no1.CCC[C@H](NC(C)=O)C(=O)N1C[C@H](O)C[C@H]1C(=O)CCc1ccc(-c2scnc2C)cc1.Cc1cc([C@H](C)C(=O)N2C[C@H](O)C[C@H]2C(=O)CCc2ccc(-c3scnc3C)cc2)on1.Cc1ncsc1-c1ccc(CCC(=O)[C@@H]2C[C@@](O)(CO)CN2C(=O)[C@H](C(C)C)N2Cc3ccccc3C2=O)cc1. The van der Waals surface area contributed by atoms with Gasteiger partial charge in [-0.05, 0) is 149 Å². The number of likely N-dealkylation sites (tertiary alicyclic amines) is 4. The van der Waals surface area contributed by atoms with Crippen LogP contribution in [0.2, 0.25) is 0 Å². The molecule has 724 valence electrons. The topological polar surface area (TPSA) is 404 Å². The molecule has 5 aromatic carbocycles. The van der Waals surface area contributed by atoms with Gasteiger partial charge in [0.05, 0.1) is 143 Å². The third-order valence-corrected chi connectivity index (χ3v) is 30.0. The van der Waals surface area contributed by atoms with Crippen LogP contribution in [0.5, 0.6) is 0 Å². The zero-order chi connectivity index (χ0) is 98.2. The van der Waals surface area contributed by atoms with Crippen molar-refractivity contribution in [2.24, 2.45) is 5.92 Å². The number of aliphatic hydroxyl groups excluding tert-OH is 4. The maximum atomic E-state index is 14.0. The van der Waals surface area contributed by atoms with Crippen molar-refractivity contribution >= 4 is 104 Å². The number of benzene rings is 5. The summed E-state index contributed by atoms with van der Waals surface area (Å²) in [6.45, 7) is 22.3. The number of nitrogens with one attached hydrogen (secondary N) is 1. The molecule has 0 bridgehead atoms. The first-order chi connectivity index (χ1) is 65.6. The Morgan fingerprint density at radius 1 is 0.489 bits per heavy atom. The Hall–Kier alpha value is -11.7. The summed E-state index contributed by atoms with van der Waals surface area (Å²) in [4.78, 5) is 160. The Labute approximate surface area is 814 Å². The molecule has 137 heavy (non-hydrogen) atoms. The minimum atomic E-state index is -1.57. The summed E-state index contributed by atoms with van der Waals surface area (Å²) in [6, 6.07) is 39.1. The molecule has 6 aromatic heterocycles. The van der Waals surface area contributed by atoms with Gasteiger partial charge in [0, 0.05) is 102 Å². The van der Waals surface area contributed by atoms with Crippen molar-refractivity contribution in [3.05, 3.63) is 235 Å². The molecule has 11 aromatic rings. The predicted octanol–water partition coefficient (Wildman–Crippen LogP) is 14.3. The Morgan fingerprint density at radius 2 is 0.861 bits per heavy atom. The Morgan fingerprint density at radius 3 is 1.20 bits per heavy atom. The first-order valence-electron chi connectivity index (χ1n) is 46.8. The van der Waals surface area contributed by atoms with Gasteiger partial charge in [-0.25, -0.2) is 19.9 Å². The molecule has 0 spiro atoms. The summed E-state index contributed by atoms with van der Waals surface area (Å²) in [5, 5.41) is 61.8. The number of amides is 6. The van der Waals surface area contributed by atoms with Gasteiger partial charge < -0.3 is 64.4 Å². The third-order valence-electron chi connectivity index (χ3n) is 26.1. The molecule has 6 amide bonds. The molecule has 0 radical (unpaired) electrons. The number of hydrogen-bond acceptors (Lipinski definition) is 27. The number of aliphatic hydroxyl groups is 5. The Balaban J connectivity index is 0.000000155. The van der Waals surface area contributed by atoms with Crippen molar-refractivity contribution in [1.29, 1.82) is 0 Å². The maximum absolute atomic E-state index is 14.0. The van der Waals surface area contributed by atoms with Crippen LogP contribution >= 0.6 is 45.3 Å². The van der Waals surface area contributed by atoms with E-state index >= 15 is 0 Å². The number of nitrogens with zero attached hydrogens (tertiary/aromatic N) is 11. The molecule has 5 aliphatic heterocycles. The Kier molecular flexibility index (Phi) is 35.0. The van der Waals surface area contributed by atoms with Crippen LogP contribution in [0.25, 0.3) is 41.8 Å². The normalized spacial score (nSPS) is 19.8. The second-order valence-electron chi connectivity index (χ2n) is 36.7. The van der Waals surface area contributed by atoms with Crippen LogP contribution in [0.15, 0.2) is 165 Å². The monoisotopic (exact) mass is 1940 g/mol. The smallest absolute Gasteiger partial charge is 0.255 e. The number of fused-ring (bicyclic) bond motifs is 1. The van der Waals surface area contributed by atoms with Gasteiger partial charge in [-0.15, -0.1) is 45.3 Å². The van der Waals surface area contributed by atoms with Crippen molar-refractivity contribution in [2.45, 2.75) is 258 Å². The van der Waals surface area contributed by atoms with Gasteiger partial charge in [0.2, 0.25) is 29.5 Å². The van der Waals surface area contributed by atoms with E-state index in [9.17, 15) is 73.5 Å². The van der Waals surface area contributed by atoms with Gasteiger partial charge in [-0.3, -0.25) is 47.9 Å². The van der Waals surface area contributed by atoms with Crippen molar-refractivity contribution in [1.82, 2.24) is 60.1 Å². The lowest BCUT2D eigenvalue weighted by atomic mass is 9.95. The number of aromatic nitrogens is 6.